The van der Waals surface area contributed by atoms with Crippen molar-refractivity contribution in [3.05, 3.63) is 18.2 Å². The molecule has 1 saturated heterocycles. The number of hydrogen-bond acceptors (Lipinski definition) is 4. The first kappa shape index (κ1) is 19.1. The van der Waals surface area contributed by atoms with Crippen molar-refractivity contribution < 1.29 is 8.42 Å². The number of sulfonamides is 1. The maximum atomic E-state index is 12.6. The Kier molecular flexibility index (Phi) is 6.97. The van der Waals surface area contributed by atoms with E-state index in [4.69, 9.17) is 5.73 Å². The molecular formula is C15H26ClN3O2S. The number of hydrogen-bond donors (Lipinski definition) is 1. The Bertz CT molecular complexity index is 582. The topological polar surface area (TPSA) is 66.6 Å². The lowest BCUT2D eigenvalue weighted by Crippen LogP contribution is -2.35. The Morgan fingerprint density at radius 2 is 1.73 bits per heavy atom. The lowest BCUT2D eigenvalue weighted by molar-refractivity contribution is 0.346. The van der Waals surface area contributed by atoms with Gasteiger partial charge in [0.1, 0.15) is 0 Å². The standard InChI is InChI=1S/C15H25N3O2S.ClH/c1-3-17(4-2)15-9-8-13(12-14(15)16)21(19,20)18-10-6-5-7-11-18;/h8-9,12H,3-7,10-11,16H2,1-2H3;1H. The highest BCUT2D eigenvalue weighted by Gasteiger charge is 2.26. The van der Waals surface area contributed by atoms with Crippen molar-refractivity contribution in [3.8, 4) is 0 Å². The average molecular weight is 348 g/mol. The zero-order valence-corrected chi connectivity index (χ0v) is 14.9. The van der Waals surface area contributed by atoms with Gasteiger partial charge in [-0.3, -0.25) is 0 Å². The maximum Gasteiger partial charge on any atom is 0.243 e. The largest absolute Gasteiger partial charge is 0.397 e. The fourth-order valence-electron chi connectivity index (χ4n) is 2.80. The minimum absolute atomic E-state index is 0. The van der Waals surface area contributed by atoms with Crippen LogP contribution in [-0.2, 0) is 10.0 Å². The lowest BCUT2D eigenvalue weighted by atomic mass is 10.2. The molecule has 0 amide bonds. The molecule has 1 aromatic carbocycles. The molecule has 2 rings (SSSR count). The molecule has 1 heterocycles. The average Bonchev–Trinajstić information content (AvgIpc) is 2.50. The number of benzene rings is 1. The van der Waals surface area contributed by atoms with Crippen molar-refractivity contribution in [2.45, 2.75) is 38.0 Å². The molecule has 0 aromatic heterocycles. The van der Waals surface area contributed by atoms with E-state index in [1.54, 1.807) is 16.4 Å². The summed E-state index contributed by atoms with van der Waals surface area (Å²) in [6.45, 7) is 7.03. The van der Waals surface area contributed by atoms with Crippen molar-refractivity contribution in [1.29, 1.82) is 0 Å². The molecule has 2 N–H and O–H groups in total. The Balaban J connectivity index is 0.00000242. The quantitative estimate of drug-likeness (QED) is 0.831. The molecule has 1 aliphatic rings. The number of anilines is 2. The summed E-state index contributed by atoms with van der Waals surface area (Å²) in [6, 6.07) is 5.09. The van der Waals surface area contributed by atoms with E-state index in [1.165, 1.54) is 0 Å². The van der Waals surface area contributed by atoms with E-state index in [2.05, 4.69) is 18.7 Å². The highest BCUT2D eigenvalue weighted by molar-refractivity contribution is 7.89. The van der Waals surface area contributed by atoms with Gasteiger partial charge in [-0.2, -0.15) is 4.31 Å². The monoisotopic (exact) mass is 347 g/mol. The van der Waals surface area contributed by atoms with Gasteiger partial charge in [0.15, 0.2) is 0 Å². The van der Waals surface area contributed by atoms with Gasteiger partial charge in [0.2, 0.25) is 10.0 Å². The summed E-state index contributed by atoms with van der Waals surface area (Å²) in [4.78, 5) is 2.42. The van der Waals surface area contributed by atoms with Crippen LogP contribution in [0.25, 0.3) is 0 Å². The van der Waals surface area contributed by atoms with Gasteiger partial charge in [-0.15, -0.1) is 12.4 Å². The molecule has 126 valence electrons. The van der Waals surface area contributed by atoms with Crippen LogP contribution in [0.3, 0.4) is 0 Å². The highest BCUT2D eigenvalue weighted by Crippen LogP contribution is 2.28. The molecule has 0 aliphatic carbocycles. The zero-order valence-electron chi connectivity index (χ0n) is 13.3. The molecule has 5 nitrogen and oxygen atoms in total. The first-order chi connectivity index (χ1) is 10.0. The maximum absolute atomic E-state index is 12.6. The minimum atomic E-state index is -3.41. The van der Waals surface area contributed by atoms with Crippen LogP contribution in [0.5, 0.6) is 0 Å². The van der Waals surface area contributed by atoms with Gasteiger partial charge in [-0.1, -0.05) is 6.42 Å². The van der Waals surface area contributed by atoms with Gasteiger partial charge in [0.05, 0.1) is 16.3 Å². The first-order valence-corrected chi connectivity index (χ1v) is 9.09. The summed E-state index contributed by atoms with van der Waals surface area (Å²) in [7, 11) is -3.41. The Morgan fingerprint density at radius 1 is 1.14 bits per heavy atom. The summed E-state index contributed by atoms with van der Waals surface area (Å²) in [5.41, 5.74) is 7.50. The Hall–Kier alpha value is -0.980. The van der Waals surface area contributed by atoms with Crippen LogP contribution in [0.4, 0.5) is 11.4 Å². The second-order valence-corrected chi connectivity index (χ2v) is 7.30. The first-order valence-electron chi connectivity index (χ1n) is 7.65. The van der Waals surface area contributed by atoms with Crippen LogP contribution in [0.15, 0.2) is 23.1 Å². The fraction of sp³-hybridized carbons (Fsp3) is 0.600. The fourth-order valence-corrected chi connectivity index (χ4v) is 4.35. The van der Waals surface area contributed by atoms with E-state index >= 15 is 0 Å². The number of rotatable bonds is 5. The van der Waals surface area contributed by atoms with E-state index in [1.807, 2.05) is 6.07 Å². The van der Waals surface area contributed by atoms with Gasteiger partial charge in [-0.25, -0.2) is 8.42 Å². The summed E-state index contributed by atoms with van der Waals surface area (Å²) in [5.74, 6) is 0. The van der Waals surface area contributed by atoms with Crippen molar-refractivity contribution in [3.63, 3.8) is 0 Å². The second-order valence-electron chi connectivity index (χ2n) is 5.36. The molecule has 0 atom stereocenters. The molecule has 22 heavy (non-hydrogen) atoms. The molecule has 0 bridgehead atoms. The van der Waals surface area contributed by atoms with Crippen LogP contribution < -0.4 is 10.6 Å². The van der Waals surface area contributed by atoms with Crippen molar-refractivity contribution in [2.75, 3.05) is 36.8 Å². The van der Waals surface area contributed by atoms with Gasteiger partial charge in [-0.05, 0) is 44.9 Å². The number of piperidine rings is 1. The summed E-state index contributed by atoms with van der Waals surface area (Å²) in [5, 5.41) is 0. The van der Waals surface area contributed by atoms with E-state index in [9.17, 15) is 8.42 Å². The van der Waals surface area contributed by atoms with E-state index < -0.39 is 10.0 Å². The molecule has 0 radical (unpaired) electrons. The predicted molar refractivity (Wildman–Crippen MR) is 94.3 cm³/mol. The molecule has 0 unspecified atom stereocenters. The Labute approximate surface area is 139 Å². The molecule has 1 fully saturated rings. The summed E-state index contributed by atoms with van der Waals surface area (Å²) < 4.78 is 26.8. The zero-order chi connectivity index (χ0) is 15.5. The number of nitrogens with two attached hydrogens (primary N) is 1. The van der Waals surface area contributed by atoms with Crippen molar-refractivity contribution in [1.82, 2.24) is 4.31 Å². The SMILES string of the molecule is CCN(CC)c1ccc(S(=O)(=O)N2CCCCC2)cc1N.Cl. The summed E-state index contributed by atoms with van der Waals surface area (Å²) >= 11 is 0. The molecule has 1 aliphatic heterocycles. The minimum Gasteiger partial charge on any atom is -0.397 e. The molecule has 7 heteroatoms. The van der Waals surface area contributed by atoms with Crippen LogP contribution in [0.2, 0.25) is 0 Å². The molecule has 0 saturated carbocycles. The van der Waals surface area contributed by atoms with E-state index in [0.717, 1.165) is 38.0 Å². The molecule has 1 aromatic rings. The van der Waals surface area contributed by atoms with Gasteiger partial charge in [0, 0.05) is 26.2 Å². The number of nitrogen functional groups attached to an aromatic ring is 1. The summed E-state index contributed by atoms with van der Waals surface area (Å²) in [6.07, 6.45) is 2.98. The third kappa shape index (κ3) is 3.86. The van der Waals surface area contributed by atoms with Gasteiger partial charge in [0.25, 0.3) is 0 Å². The van der Waals surface area contributed by atoms with E-state index in [-0.39, 0.29) is 12.4 Å². The Morgan fingerprint density at radius 3 is 2.23 bits per heavy atom. The number of halogens is 1. The van der Waals surface area contributed by atoms with Gasteiger partial charge >= 0.3 is 0 Å². The van der Waals surface area contributed by atoms with E-state index in [0.29, 0.717) is 23.7 Å². The molecule has 0 spiro atoms. The lowest BCUT2D eigenvalue weighted by Gasteiger charge is -2.27. The van der Waals surface area contributed by atoms with Crippen LogP contribution in [-0.4, -0.2) is 38.9 Å². The van der Waals surface area contributed by atoms with Crippen LogP contribution in [0.1, 0.15) is 33.1 Å². The van der Waals surface area contributed by atoms with Crippen LogP contribution in [0, 0.1) is 0 Å². The molecular weight excluding hydrogens is 322 g/mol. The highest BCUT2D eigenvalue weighted by atomic mass is 35.5. The normalized spacial score (nSPS) is 16.1. The number of nitrogens with zero attached hydrogens (tertiary/aromatic N) is 2. The van der Waals surface area contributed by atoms with Crippen LogP contribution >= 0.6 is 12.4 Å². The third-order valence-electron chi connectivity index (χ3n) is 4.06. The second kappa shape index (κ2) is 8.04. The predicted octanol–water partition coefficient (Wildman–Crippen LogP) is 2.71. The van der Waals surface area contributed by atoms with Crippen molar-refractivity contribution in [2.24, 2.45) is 0 Å². The van der Waals surface area contributed by atoms with Crippen molar-refractivity contribution >= 4 is 33.8 Å². The smallest absolute Gasteiger partial charge is 0.243 e. The third-order valence-corrected chi connectivity index (χ3v) is 5.95. The van der Waals surface area contributed by atoms with Gasteiger partial charge < -0.3 is 10.6 Å².